The predicted molar refractivity (Wildman–Crippen MR) is 128 cm³/mol. The summed E-state index contributed by atoms with van der Waals surface area (Å²) in [6.45, 7) is 1.27. The lowest BCUT2D eigenvalue weighted by Gasteiger charge is -2.30. The number of benzene rings is 1. The number of Topliss-reactive ketones (excluding diaryl/α,β-unsaturated/α-hetero) is 1. The number of piperidine rings is 1. The van der Waals surface area contributed by atoms with Gasteiger partial charge >= 0.3 is 6.03 Å². The summed E-state index contributed by atoms with van der Waals surface area (Å²) in [4.78, 5) is 48.7. The molecule has 5 rings (SSSR count). The summed E-state index contributed by atoms with van der Waals surface area (Å²) >= 11 is 0. The van der Waals surface area contributed by atoms with Gasteiger partial charge in [-0.1, -0.05) is 17.9 Å². The lowest BCUT2D eigenvalue weighted by atomic mass is 9.98. The minimum absolute atomic E-state index is 0.0730. The lowest BCUT2D eigenvalue weighted by molar-refractivity contribution is -0.119. The number of nitrogens with two attached hydrogens (primary N) is 1. The zero-order valence-electron chi connectivity index (χ0n) is 19.6. The molecule has 186 valence electrons. The summed E-state index contributed by atoms with van der Waals surface area (Å²) in [7, 11) is 1.52. The molecule has 2 aromatic rings. The van der Waals surface area contributed by atoms with E-state index in [1.807, 2.05) is 11.0 Å². The number of methoxy groups -OCH3 is 1. The van der Waals surface area contributed by atoms with Gasteiger partial charge in [0.2, 0.25) is 5.95 Å². The molecule has 2 unspecified atom stereocenters. The normalized spacial score (nSPS) is 23.1. The van der Waals surface area contributed by atoms with E-state index in [2.05, 4.69) is 32.4 Å². The molecule has 2 atom stereocenters. The number of aliphatic hydroxyl groups excluding tert-OH is 1. The SMILES string of the molecule is COc1ccc2c(c1)C(=O)N(CC1(C#Cc3cnc(N4CCC(=O)CC4)nc3N)NC(=O)NC1O)C2. The van der Waals surface area contributed by atoms with Crippen molar-refractivity contribution in [3.63, 3.8) is 0 Å². The highest BCUT2D eigenvalue weighted by Crippen LogP contribution is 2.29. The van der Waals surface area contributed by atoms with Crippen LogP contribution in [0, 0.1) is 11.8 Å². The van der Waals surface area contributed by atoms with Crippen LogP contribution in [0.2, 0.25) is 0 Å². The number of carbonyl (C=O) groups excluding carboxylic acids is 3. The molecule has 1 aromatic heterocycles. The Bertz CT molecular complexity index is 1310. The Kier molecular flexibility index (Phi) is 5.85. The predicted octanol–water partition coefficient (Wildman–Crippen LogP) is -0.386. The van der Waals surface area contributed by atoms with Gasteiger partial charge in [0, 0.05) is 38.0 Å². The van der Waals surface area contributed by atoms with E-state index in [4.69, 9.17) is 10.5 Å². The first-order valence-corrected chi connectivity index (χ1v) is 11.4. The summed E-state index contributed by atoms with van der Waals surface area (Å²) in [6.07, 6.45) is 0.957. The molecule has 0 saturated carbocycles. The number of urea groups is 1. The fourth-order valence-corrected chi connectivity index (χ4v) is 4.48. The van der Waals surface area contributed by atoms with Crippen LogP contribution in [0.5, 0.6) is 5.75 Å². The van der Waals surface area contributed by atoms with Gasteiger partial charge in [0.25, 0.3) is 5.91 Å². The first-order chi connectivity index (χ1) is 17.3. The minimum Gasteiger partial charge on any atom is -0.497 e. The number of nitrogen functional groups attached to an aromatic ring is 1. The second-order valence-corrected chi connectivity index (χ2v) is 8.90. The highest BCUT2D eigenvalue weighted by Gasteiger charge is 2.48. The molecule has 36 heavy (non-hydrogen) atoms. The van der Waals surface area contributed by atoms with Gasteiger partial charge in [-0.2, -0.15) is 4.98 Å². The number of hydrogen-bond donors (Lipinski definition) is 4. The van der Waals surface area contributed by atoms with Crippen molar-refractivity contribution < 1.29 is 24.2 Å². The van der Waals surface area contributed by atoms with Gasteiger partial charge in [-0.3, -0.25) is 9.59 Å². The molecule has 3 aliphatic heterocycles. The van der Waals surface area contributed by atoms with Crippen molar-refractivity contribution in [1.82, 2.24) is 25.5 Å². The Labute approximate surface area is 206 Å². The van der Waals surface area contributed by atoms with Crippen LogP contribution < -0.4 is 26.0 Å². The van der Waals surface area contributed by atoms with E-state index < -0.39 is 17.8 Å². The second kappa shape index (κ2) is 9.01. The average molecular weight is 492 g/mol. The topological polar surface area (TPSA) is 163 Å². The summed E-state index contributed by atoms with van der Waals surface area (Å²) < 4.78 is 5.22. The van der Waals surface area contributed by atoms with Crippen molar-refractivity contribution >= 4 is 29.5 Å². The maximum Gasteiger partial charge on any atom is 0.318 e. The van der Waals surface area contributed by atoms with E-state index in [-0.39, 0.29) is 24.1 Å². The molecule has 4 heterocycles. The Morgan fingerprint density at radius 2 is 2.06 bits per heavy atom. The molecular formula is C24H25N7O5. The molecule has 3 amide bonds. The summed E-state index contributed by atoms with van der Waals surface area (Å²) in [5.74, 6) is 6.81. The van der Waals surface area contributed by atoms with Gasteiger partial charge in [0.05, 0.1) is 25.4 Å². The number of hydrogen-bond acceptors (Lipinski definition) is 9. The smallest absolute Gasteiger partial charge is 0.318 e. The minimum atomic E-state index is -1.49. The Balaban J connectivity index is 1.39. The molecule has 12 nitrogen and oxygen atoms in total. The fraction of sp³-hybridized carbons (Fsp3) is 0.375. The zero-order valence-corrected chi connectivity index (χ0v) is 19.6. The summed E-state index contributed by atoms with van der Waals surface area (Å²) in [5.41, 5.74) is 6.25. The number of aliphatic hydroxyl groups is 1. The number of fused-ring (bicyclic) bond motifs is 1. The number of nitrogens with zero attached hydrogens (tertiary/aromatic N) is 4. The number of ketones is 1. The average Bonchev–Trinajstić information content (AvgIpc) is 3.32. The molecule has 0 spiro atoms. The van der Waals surface area contributed by atoms with E-state index >= 15 is 0 Å². The molecule has 0 radical (unpaired) electrons. The number of ether oxygens (including phenoxy) is 1. The molecule has 0 aliphatic carbocycles. The van der Waals surface area contributed by atoms with Gasteiger partial charge in [-0.05, 0) is 17.7 Å². The molecule has 2 saturated heterocycles. The molecule has 12 heteroatoms. The van der Waals surface area contributed by atoms with Crippen molar-refractivity contribution in [1.29, 1.82) is 0 Å². The summed E-state index contributed by atoms with van der Waals surface area (Å²) in [5, 5.41) is 15.7. The second-order valence-electron chi connectivity index (χ2n) is 8.90. The van der Waals surface area contributed by atoms with Crippen LogP contribution >= 0.6 is 0 Å². The van der Waals surface area contributed by atoms with E-state index in [9.17, 15) is 19.5 Å². The highest BCUT2D eigenvalue weighted by molar-refractivity contribution is 5.99. The fourth-order valence-electron chi connectivity index (χ4n) is 4.48. The van der Waals surface area contributed by atoms with Crippen LogP contribution in [0.4, 0.5) is 16.6 Å². The van der Waals surface area contributed by atoms with Gasteiger partial charge in [-0.25, -0.2) is 9.78 Å². The Hall–Kier alpha value is -4.37. The monoisotopic (exact) mass is 491 g/mol. The van der Waals surface area contributed by atoms with Gasteiger partial charge in [0.15, 0.2) is 11.8 Å². The number of amides is 3. The standard InChI is InChI=1S/C24H25N7O5/c1-36-17-3-2-15-12-31(20(33)18(15)10-17)13-24(21(34)28-23(35)29-24)7-4-14-11-26-22(27-19(14)25)30-8-5-16(32)6-9-30/h2-3,10-11,21,34H,5-6,8-9,12-13H2,1H3,(H2,25,26,27)(H2,28,29,35). The number of aromatic nitrogens is 2. The maximum absolute atomic E-state index is 13.1. The maximum atomic E-state index is 13.1. The van der Waals surface area contributed by atoms with Gasteiger partial charge in [0.1, 0.15) is 17.4 Å². The molecule has 5 N–H and O–H groups in total. The number of anilines is 2. The van der Waals surface area contributed by atoms with Crippen molar-refractivity contribution in [3.05, 3.63) is 41.1 Å². The molecule has 3 aliphatic rings. The third-order valence-corrected chi connectivity index (χ3v) is 6.54. The number of nitrogens with one attached hydrogen (secondary N) is 2. The number of carbonyl (C=O) groups is 3. The molecule has 1 aromatic carbocycles. The third-order valence-electron chi connectivity index (χ3n) is 6.54. The first-order valence-electron chi connectivity index (χ1n) is 11.4. The van der Waals surface area contributed by atoms with E-state index in [1.54, 1.807) is 12.1 Å². The van der Waals surface area contributed by atoms with Gasteiger partial charge in [-0.15, -0.1) is 0 Å². The highest BCUT2D eigenvalue weighted by atomic mass is 16.5. The third kappa shape index (κ3) is 4.25. The quantitative estimate of drug-likeness (QED) is 0.417. The van der Waals surface area contributed by atoms with Crippen molar-refractivity contribution in [3.8, 4) is 17.6 Å². The largest absolute Gasteiger partial charge is 0.497 e. The molecule has 0 bridgehead atoms. The van der Waals surface area contributed by atoms with Crippen LogP contribution in [-0.4, -0.2) is 76.2 Å². The molecule has 2 fully saturated rings. The van der Waals surface area contributed by atoms with Crippen LogP contribution in [0.3, 0.4) is 0 Å². The van der Waals surface area contributed by atoms with E-state index in [1.165, 1.54) is 18.2 Å². The van der Waals surface area contributed by atoms with Crippen molar-refractivity contribution in [2.24, 2.45) is 0 Å². The van der Waals surface area contributed by atoms with Crippen LogP contribution in [-0.2, 0) is 11.3 Å². The number of rotatable bonds is 4. The van der Waals surface area contributed by atoms with Crippen LogP contribution in [0.1, 0.15) is 34.3 Å². The van der Waals surface area contributed by atoms with Crippen molar-refractivity contribution in [2.75, 3.05) is 37.4 Å². The van der Waals surface area contributed by atoms with Crippen LogP contribution in [0.25, 0.3) is 0 Å². The van der Waals surface area contributed by atoms with E-state index in [0.717, 1.165) is 5.56 Å². The van der Waals surface area contributed by atoms with Gasteiger partial charge < -0.3 is 36.0 Å². The Morgan fingerprint density at radius 1 is 1.28 bits per heavy atom. The first kappa shape index (κ1) is 23.4. The molecular weight excluding hydrogens is 466 g/mol. The zero-order chi connectivity index (χ0) is 25.4. The lowest BCUT2D eigenvalue weighted by Crippen LogP contribution is -2.56. The van der Waals surface area contributed by atoms with Crippen LogP contribution in [0.15, 0.2) is 24.4 Å². The summed E-state index contributed by atoms with van der Waals surface area (Å²) in [6, 6.07) is 4.63. The van der Waals surface area contributed by atoms with E-state index in [0.29, 0.717) is 55.3 Å². The van der Waals surface area contributed by atoms with Crippen molar-refractivity contribution in [2.45, 2.75) is 31.2 Å². The Morgan fingerprint density at radius 3 is 2.72 bits per heavy atom.